The molecule has 0 aromatic heterocycles. The van der Waals surface area contributed by atoms with E-state index in [1.54, 1.807) is 30.3 Å². The van der Waals surface area contributed by atoms with Gasteiger partial charge in [0.1, 0.15) is 29.6 Å². The van der Waals surface area contributed by atoms with Crippen molar-refractivity contribution in [1.82, 2.24) is 0 Å². The topological polar surface area (TPSA) is 105 Å². The van der Waals surface area contributed by atoms with Crippen molar-refractivity contribution >= 4 is 26.1 Å². The summed E-state index contributed by atoms with van der Waals surface area (Å²) in [5.74, 6) is -0.337. The Morgan fingerprint density at radius 1 is 1.00 bits per heavy atom. The third kappa shape index (κ3) is 7.89. The van der Waals surface area contributed by atoms with Gasteiger partial charge < -0.3 is 23.5 Å². The molecule has 0 aliphatic heterocycles. The van der Waals surface area contributed by atoms with Crippen molar-refractivity contribution in [3.8, 4) is 17.2 Å². The van der Waals surface area contributed by atoms with Crippen LogP contribution in [0, 0.1) is 0 Å². The van der Waals surface area contributed by atoms with Gasteiger partial charge in [0.15, 0.2) is 7.37 Å². The highest BCUT2D eigenvalue weighted by Gasteiger charge is 2.17. The van der Waals surface area contributed by atoms with Gasteiger partial charge in [-0.05, 0) is 30.3 Å². The predicted octanol–water partition coefficient (Wildman–Crippen LogP) is 3.71. The van der Waals surface area contributed by atoms with E-state index in [1.165, 1.54) is 39.5 Å². The van der Waals surface area contributed by atoms with Crippen LogP contribution in [0.1, 0.15) is 22.8 Å². The Morgan fingerprint density at radius 2 is 1.66 bits per heavy atom. The number of hydrogen-bond acceptors (Lipinski definition) is 8. The van der Waals surface area contributed by atoms with Crippen molar-refractivity contribution in [3.05, 3.63) is 53.6 Å². The molecular formula is C20H23O8P. The predicted molar refractivity (Wildman–Crippen MR) is 107 cm³/mol. The molecule has 0 spiro atoms. The Labute approximate surface area is 169 Å². The normalized spacial score (nSPS) is 10.3. The molecule has 0 amide bonds. The number of carbonyl (C=O) groups excluding carboxylic acids is 3. The van der Waals surface area contributed by atoms with E-state index in [0.29, 0.717) is 11.3 Å². The van der Waals surface area contributed by atoms with Crippen molar-refractivity contribution in [3.63, 3.8) is 0 Å². The van der Waals surface area contributed by atoms with E-state index < -0.39 is 19.3 Å². The third-order valence-electron chi connectivity index (χ3n) is 3.35. The molecule has 2 aromatic rings. The number of rotatable bonds is 7. The summed E-state index contributed by atoms with van der Waals surface area (Å²) in [6.07, 6.45) is 0. The molecule has 0 radical (unpaired) electrons. The second kappa shape index (κ2) is 11.1. The Hall–Kier alpha value is -2.96. The van der Waals surface area contributed by atoms with Gasteiger partial charge in [0.25, 0.3) is 0 Å². The van der Waals surface area contributed by atoms with E-state index in [0.717, 1.165) is 0 Å². The van der Waals surface area contributed by atoms with Gasteiger partial charge in [-0.2, -0.15) is 0 Å². The van der Waals surface area contributed by atoms with Crippen molar-refractivity contribution < 1.29 is 37.7 Å². The fraction of sp³-hybridized carbons (Fsp3) is 0.250. The molecule has 0 aliphatic carbocycles. The van der Waals surface area contributed by atoms with Crippen molar-refractivity contribution in [2.24, 2.45) is 0 Å². The number of benzene rings is 2. The van der Waals surface area contributed by atoms with E-state index in [4.69, 9.17) is 23.5 Å². The van der Waals surface area contributed by atoms with Gasteiger partial charge >= 0.3 is 11.9 Å². The molecule has 156 valence electrons. The first-order chi connectivity index (χ1) is 13.7. The molecule has 0 unspecified atom stereocenters. The van der Waals surface area contributed by atoms with E-state index in [2.05, 4.69) is 0 Å². The van der Waals surface area contributed by atoms with Gasteiger partial charge in [0.05, 0.1) is 13.7 Å². The van der Waals surface area contributed by atoms with Gasteiger partial charge in [-0.3, -0.25) is 9.36 Å². The zero-order valence-corrected chi connectivity index (χ0v) is 17.6. The Kier molecular flexibility index (Phi) is 9.25. The van der Waals surface area contributed by atoms with Crippen LogP contribution >= 0.6 is 7.37 Å². The van der Waals surface area contributed by atoms with E-state index in [9.17, 15) is 14.2 Å². The summed E-state index contributed by atoms with van der Waals surface area (Å²) < 4.78 is 32.8. The fourth-order valence-corrected chi connectivity index (χ4v) is 2.65. The minimum Gasteiger partial charge on any atom is -0.496 e. The zero-order valence-electron chi connectivity index (χ0n) is 16.7. The summed E-state index contributed by atoms with van der Waals surface area (Å²) in [6.45, 7) is 6.31. The van der Waals surface area contributed by atoms with Crippen LogP contribution < -0.4 is 14.2 Å². The molecule has 0 N–H and O–H groups in total. The van der Waals surface area contributed by atoms with Crippen LogP contribution in [0.3, 0.4) is 0 Å². The Balaban J connectivity index is 0.00000204. The first-order valence-corrected chi connectivity index (χ1v) is 10.9. The highest BCUT2D eigenvalue weighted by atomic mass is 31.2. The molecule has 9 heteroatoms. The molecule has 0 aliphatic rings. The fourth-order valence-electron chi connectivity index (χ4n) is 2.20. The minimum atomic E-state index is -2.68. The van der Waals surface area contributed by atoms with Gasteiger partial charge in [0, 0.05) is 25.8 Å². The lowest BCUT2D eigenvalue weighted by atomic mass is 10.2. The largest absolute Gasteiger partial charge is 0.496 e. The smallest absolute Gasteiger partial charge is 0.347 e. The van der Waals surface area contributed by atoms with Crippen LogP contribution in [0.5, 0.6) is 17.2 Å². The summed E-state index contributed by atoms with van der Waals surface area (Å²) >= 11 is 0. The SMILES string of the molecule is C=O.COc1ccc(OC(=O)c2ccccc2OC(C)=O)cc1COP(C)(C)=O. The maximum absolute atomic E-state index is 12.5. The van der Waals surface area contributed by atoms with Crippen LogP contribution in [-0.4, -0.2) is 39.2 Å². The number of para-hydroxylation sites is 1. The molecule has 0 bridgehead atoms. The van der Waals surface area contributed by atoms with Crippen molar-refractivity contribution in [2.75, 3.05) is 20.4 Å². The Morgan fingerprint density at radius 3 is 2.24 bits per heavy atom. The lowest BCUT2D eigenvalue weighted by Crippen LogP contribution is -2.12. The van der Waals surface area contributed by atoms with Gasteiger partial charge in [-0.15, -0.1) is 0 Å². The highest BCUT2D eigenvalue weighted by Crippen LogP contribution is 2.39. The standard InChI is InChI=1S/C19H21O7P.CH2O/c1-13(20)25-18-8-6-5-7-16(18)19(21)26-15-9-10-17(23-2)14(11-15)12-24-27(3,4)22;1-2/h5-11H,12H2,1-4H3;1H2. The lowest BCUT2D eigenvalue weighted by Gasteiger charge is -2.14. The van der Waals surface area contributed by atoms with Gasteiger partial charge in [-0.1, -0.05) is 12.1 Å². The number of carbonyl (C=O) groups is 3. The summed E-state index contributed by atoms with van der Waals surface area (Å²) in [7, 11) is -1.19. The molecule has 0 atom stereocenters. The molecular weight excluding hydrogens is 399 g/mol. The second-order valence-corrected chi connectivity index (χ2v) is 8.74. The molecule has 0 saturated heterocycles. The third-order valence-corrected chi connectivity index (χ3v) is 4.10. The monoisotopic (exact) mass is 422 g/mol. The van der Waals surface area contributed by atoms with Crippen LogP contribution in [-0.2, 0) is 25.3 Å². The number of hydrogen-bond donors (Lipinski definition) is 0. The number of esters is 2. The van der Waals surface area contributed by atoms with Crippen molar-refractivity contribution in [1.29, 1.82) is 0 Å². The molecule has 2 aromatic carbocycles. The van der Waals surface area contributed by atoms with Crippen LogP contribution in [0.2, 0.25) is 0 Å². The second-order valence-electron chi connectivity index (χ2n) is 5.98. The van der Waals surface area contributed by atoms with Crippen LogP contribution in [0.4, 0.5) is 0 Å². The average molecular weight is 422 g/mol. The first-order valence-electron chi connectivity index (χ1n) is 8.34. The maximum atomic E-state index is 12.5. The number of methoxy groups -OCH3 is 1. The summed E-state index contributed by atoms with van der Waals surface area (Å²) in [5, 5.41) is 0. The van der Waals surface area contributed by atoms with Crippen molar-refractivity contribution in [2.45, 2.75) is 13.5 Å². The lowest BCUT2D eigenvalue weighted by molar-refractivity contribution is -0.131. The average Bonchev–Trinajstić information content (AvgIpc) is 2.67. The Bertz CT molecular complexity index is 903. The quantitative estimate of drug-likeness (QED) is 0.378. The van der Waals surface area contributed by atoms with E-state index in [1.807, 2.05) is 6.79 Å². The molecule has 0 heterocycles. The zero-order chi connectivity index (χ0) is 22.0. The summed E-state index contributed by atoms with van der Waals surface area (Å²) in [5.41, 5.74) is 0.702. The maximum Gasteiger partial charge on any atom is 0.347 e. The molecule has 0 saturated carbocycles. The first kappa shape index (κ1) is 24.1. The summed E-state index contributed by atoms with van der Waals surface area (Å²) in [6, 6.07) is 11.0. The molecule has 8 nitrogen and oxygen atoms in total. The van der Waals surface area contributed by atoms with Gasteiger partial charge in [-0.25, -0.2) is 4.79 Å². The molecule has 2 rings (SSSR count). The number of ether oxygens (including phenoxy) is 3. The van der Waals surface area contributed by atoms with Gasteiger partial charge in [0.2, 0.25) is 0 Å². The van der Waals surface area contributed by atoms with Crippen LogP contribution in [0.25, 0.3) is 0 Å². The minimum absolute atomic E-state index is 0.0445. The molecule has 0 fully saturated rings. The van der Waals surface area contributed by atoms with E-state index >= 15 is 0 Å². The molecule has 29 heavy (non-hydrogen) atoms. The summed E-state index contributed by atoms with van der Waals surface area (Å²) in [4.78, 5) is 31.7. The van der Waals surface area contributed by atoms with Crippen LogP contribution in [0.15, 0.2) is 42.5 Å². The van der Waals surface area contributed by atoms with E-state index in [-0.39, 0.29) is 23.7 Å². The highest BCUT2D eigenvalue weighted by molar-refractivity contribution is 7.57.